The highest BCUT2D eigenvalue weighted by atomic mass is 32.2. The summed E-state index contributed by atoms with van der Waals surface area (Å²) in [7, 11) is 0. The number of carbonyl (C=O) groups excluding carboxylic acids is 1. The summed E-state index contributed by atoms with van der Waals surface area (Å²) in [6.45, 7) is 4.16. The van der Waals surface area contributed by atoms with Crippen LogP contribution in [-0.4, -0.2) is 26.3 Å². The molecule has 0 aliphatic heterocycles. The Morgan fingerprint density at radius 3 is 2.82 bits per heavy atom. The van der Waals surface area contributed by atoms with Gasteiger partial charge in [-0.05, 0) is 56.7 Å². The first kappa shape index (κ1) is 15.3. The molecule has 1 aliphatic rings. The minimum absolute atomic E-state index is 0.164. The highest BCUT2D eigenvalue weighted by Gasteiger charge is 2.15. The van der Waals surface area contributed by atoms with Crippen molar-refractivity contribution in [2.45, 2.75) is 50.7 Å². The topological polar surface area (TPSA) is 47.8 Å². The molecular formula is C17H21N3OS. The van der Waals surface area contributed by atoms with E-state index in [1.54, 1.807) is 6.33 Å². The highest BCUT2D eigenvalue weighted by Crippen LogP contribution is 2.24. The molecule has 0 saturated heterocycles. The third-order valence-electron chi connectivity index (χ3n) is 4.10. The number of benzene rings is 1. The van der Waals surface area contributed by atoms with Gasteiger partial charge in [0.05, 0.1) is 5.75 Å². The van der Waals surface area contributed by atoms with Gasteiger partial charge in [0.2, 0.25) is 0 Å². The first-order valence-electron chi connectivity index (χ1n) is 7.82. The van der Waals surface area contributed by atoms with Crippen molar-refractivity contribution in [3.63, 3.8) is 0 Å². The molecule has 0 unspecified atom stereocenters. The van der Waals surface area contributed by atoms with E-state index in [0.717, 1.165) is 23.6 Å². The number of Topliss-reactive ketones (excluding diaryl/α,β-unsaturated/α-hetero) is 1. The Morgan fingerprint density at radius 2 is 2.05 bits per heavy atom. The van der Waals surface area contributed by atoms with Crippen LogP contribution in [0.4, 0.5) is 0 Å². The van der Waals surface area contributed by atoms with E-state index < -0.39 is 0 Å². The van der Waals surface area contributed by atoms with E-state index in [1.807, 2.05) is 10.6 Å². The van der Waals surface area contributed by atoms with Crippen LogP contribution < -0.4 is 0 Å². The molecule has 0 atom stereocenters. The van der Waals surface area contributed by atoms with Gasteiger partial charge in [-0.3, -0.25) is 4.79 Å². The van der Waals surface area contributed by atoms with E-state index in [4.69, 9.17) is 0 Å². The maximum atomic E-state index is 12.4. The number of fused-ring (bicyclic) bond motifs is 1. The van der Waals surface area contributed by atoms with Crippen LogP contribution >= 0.6 is 11.8 Å². The fraction of sp³-hybridized carbons (Fsp3) is 0.471. The SMILES string of the molecule is CC(C)n1cnnc1SCC(=O)c1ccc2c(c1)CCCC2. The van der Waals surface area contributed by atoms with E-state index in [0.29, 0.717) is 11.8 Å². The minimum atomic E-state index is 0.164. The number of aromatic nitrogens is 3. The number of hydrogen-bond acceptors (Lipinski definition) is 4. The summed E-state index contributed by atoms with van der Waals surface area (Å²) in [4.78, 5) is 12.4. The number of thioether (sulfide) groups is 1. The Bertz CT molecular complexity index is 678. The average Bonchev–Trinajstić information content (AvgIpc) is 3.01. The smallest absolute Gasteiger partial charge is 0.191 e. The van der Waals surface area contributed by atoms with Crippen molar-refractivity contribution in [1.82, 2.24) is 14.8 Å². The number of carbonyl (C=O) groups is 1. The molecule has 116 valence electrons. The maximum Gasteiger partial charge on any atom is 0.191 e. The summed E-state index contributed by atoms with van der Waals surface area (Å²) >= 11 is 1.46. The van der Waals surface area contributed by atoms with Crippen LogP contribution in [0.1, 0.15) is 54.2 Å². The second kappa shape index (κ2) is 6.65. The third-order valence-corrected chi connectivity index (χ3v) is 5.06. The van der Waals surface area contributed by atoms with E-state index in [-0.39, 0.29) is 5.78 Å². The minimum Gasteiger partial charge on any atom is -0.306 e. The van der Waals surface area contributed by atoms with Crippen molar-refractivity contribution in [2.75, 3.05) is 5.75 Å². The van der Waals surface area contributed by atoms with Crippen LogP contribution in [0.3, 0.4) is 0 Å². The highest BCUT2D eigenvalue weighted by molar-refractivity contribution is 7.99. The molecule has 5 heteroatoms. The zero-order valence-electron chi connectivity index (χ0n) is 13.1. The number of aryl methyl sites for hydroxylation is 2. The van der Waals surface area contributed by atoms with Gasteiger partial charge in [-0.1, -0.05) is 23.9 Å². The third kappa shape index (κ3) is 3.24. The molecular weight excluding hydrogens is 294 g/mol. The predicted octanol–water partition coefficient (Wildman–Crippen LogP) is 3.71. The first-order chi connectivity index (χ1) is 10.6. The Labute approximate surface area is 135 Å². The number of nitrogens with zero attached hydrogens (tertiary/aromatic N) is 3. The van der Waals surface area contributed by atoms with Crippen LogP contribution in [0.2, 0.25) is 0 Å². The van der Waals surface area contributed by atoms with Crippen LogP contribution in [-0.2, 0) is 12.8 Å². The number of hydrogen-bond donors (Lipinski definition) is 0. The fourth-order valence-corrected chi connectivity index (χ4v) is 3.75. The van der Waals surface area contributed by atoms with E-state index in [9.17, 15) is 4.79 Å². The zero-order valence-corrected chi connectivity index (χ0v) is 13.9. The van der Waals surface area contributed by atoms with Gasteiger partial charge in [0, 0.05) is 11.6 Å². The fourth-order valence-electron chi connectivity index (χ4n) is 2.81. The van der Waals surface area contributed by atoms with Crippen LogP contribution in [0.5, 0.6) is 0 Å². The van der Waals surface area contributed by atoms with Gasteiger partial charge >= 0.3 is 0 Å². The van der Waals surface area contributed by atoms with Gasteiger partial charge in [0.15, 0.2) is 10.9 Å². The summed E-state index contributed by atoms with van der Waals surface area (Å²) in [5.41, 5.74) is 3.59. The van der Waals surface area contributed by atoms with Crippen molar-refractivity contribution >= 4 is 17.5 Å². The second-order valence-corrected chi connectivity index (χ2v) is 6.96. The van der Waals surface area contributed by atoms with Crippen molar-refractivity contribution < 1.29 is 4.79 Å². The molecule has 2 aromatic rings. The second-order valence-electron chi connectivity index (χ2n) is 6.02. The lowest BCUT2D eigenvalue weighted by molar-refractivity contribution is 0.102. The first-order valence-corrected chi connectivity index (χ1v) is 8.81. The zero-order chi connectivity index (χ0) is 15.5. The normalized spacial score (nSPS) is 14.1. The molecule has 0 fully saturated rings. The van der Waals surface area contributed by atoms with Crippen molar-refractivity contribution in [1.29, 1.82) is 0 Å². The quantitative estimate of drug-likeness (QED) is 0.623. The summed E-state index contributed by atoms with van der Waals surface area (Å²) in [5, 5.41) is 8.84. The van der Waals surface area contributed by atoms with E-state index in [2.05, 4.69) is 36.2 Å². The monoisotopic (exact) mass is 315 g/mol. The maximum absolute atomic E-state index is 12.4. The lowest BCUT2D eigenvalue weighted by atomic mass is 9.90. The Balaban J connectivity index is 1.68. The van der Waals surface area contributed by atoms with E-state index in [1.165, 1.54) is 35.7 Å². The molecule has 0 N–H and O–H groups in total. The molecule has 1 aliphatic carbocycles. The molecule has 4 nitrogen and oxygen atoms in total. The molecule has 0 spiro atoms. The van der Waals surface area contributed by atoms with Crippen LogP contribution in [0.25, 0.3) is 0 Å². The lowest BCUT2D eigenvalue weighted by Crippen LogP contribution is -2.08. The Hall–Kier alpha value is -1.62. The standard InChI is InChI=1S/C17H21N3OS/c1-12(2)20-11-18-19-17(20)22-10-16(21)15-8-7-13-5-3-4-6-14(13)9-15/h7-9,11-12H,3-6,10H2,1-2H3. The van der Waals surface area contributed by atoms with Gasteiger partial charge in [-0.2, -0.15) is 0 Å². The van der Waals surface area contributed by atoms with Gasteiger partial charge in [-0.15, -0.1) is 10.2 Å². The molecule has 3 rings (SSSR count). The molecule has 1 aromatic carbocycles. The van der Waals surface area contributed by atoms with Crippen LogP contribution in [0, 0.1) is 0 Å². The average molecular weight is 315 g/mol. The van der Waals surface area contributed by atoms with Gasteiger partial charge in [0.25, 0.3) is 0 Å². The number of rotatable bonds is 5. The molecule has 1 heterocycles. The summed E-state index contributed by atoms with van der Waals surface area (Å²) in [5.74, 6) is 0.571. The largest absolute Gasteiger partial charge is 0.306 e. The molecule has 0 radical (unpaired) electrons. The van der Waals surface area contributed by atoms with Gasteiger partial charge in [-0.25, -0.2) is 0 Å². The van der Waals surface area contributed by atoms with Crippen LogP contribution in [0.15, 0.2) is 29.7 Å². The number of ketones is 1. The van der Waals surface area contributed by atoms with Gasteiger partial charge < -0.3 is 4.57 Å². The Kier molecular flexibility index (Phi) is 4.62. The van der Waals surface area contributed by atoms with Crippen molar-refractivity contribution in [3.05, 3.63) is 41.2 Å². The summed E-state index contributed by atoms with van der Waals surface area (Å²) in [6, 6.07) is 6.49. The molecule has 0 saturated carbocycles. The summed E-state index contributed by atoms with van der Waals surface area (Å²) < 4.78 is 1.99. The van der Waals surface area contributed by atoms with E-state index >= 15 is 0 Å². The summed E-state index contributed by atoms with van der Waals surface area (Å²) in [6.07, 6.45) is 6.47. The molecule has 1 aromatic heterocycles. The predicted molar refractivity (Wildman–Crippen MR) is 88.5 cm³/mol. The van der Waals surface area contributed by atoms with Gasteiger partial charge in [0.1, 0.15) is 6.33 Å². The van der Waals surface area contributed by atoms with Crippen molar-refractivity contribution in [2.24, 2.45) is 0 Å². The molecule has 0 amide bonds. The Morgan fingerprint density at radius 1 is 1.27 bits per heavy atom. The molecule has 0 bridgehead atoms. The lowest BCUT2D eigenvalue weighted by Gasteiger charge is -2.16. The van der Waals surface area contributed by atoms with Crippen molar-refractivity contribution in [3.8, 4) is 0 Å². The molecule has 22 heavy (non-hydrogen) atoms.